The van der Waals surface area contributed by atoms with Gasteiger partial charge in [-0.15, -0.1) is 0 Å². The average molecular weight is 333 g/mol. The number of anilines is 2. The summed E-state index contributed by atoms with van der Waals surface area (Å²) in [6.45, 7) is 1.58. The van der Waals surface area contributed by atoms with Crippen LogP contribution in [0.3, 0.4) is 0 Å². The summed E-state index contributed by atoms with van der Waals surface area (Å²) in [5.74, 6) is 1.48. The highest BCUT2D eigenvalue weighted by Crippen LogP contribution is 2.39. The summed E-state index contributed by atoms with van der Waals surface area (Å²) < 4.78 is 0. The molecule has 2 aliphatic rings. The fourth-order valence-corrected chi connectivity index (χ4v) is 3.16. The zero-order chi connectivity index (χ0) is 15.8. The van der Waals surface area contributed by atoms with Gasteiger partial charge in [-0.05, 0) is 19.3 Å². The van der Waals surface area contributed by atoms with Crippen molar-refractivity contribution in [2.45, 2.75) is 31.2 Å². The molecule has 2 aromatic rings. The molecule has 1 aliphatic carbocycles. The summed E-state index contributed by atoms with van der Waals surface area (Å²) in [6.07, 6.45) is 6.62. The van der Waals surface area contributed by atoms with Gasteiger partial charge in [0.05, 0.1) is 11.9 Å². The number of aromatic amines is 1. The maximum absolute atomic E-state index is 11.6. The molecule has 1 saturated carbocycles. The summed E-state index contributed by atoms with van der Waals surface area (Å²) in [6, 6.07) is 2.30. The monoisotopic (exact) mass is 332 g/mol. The Bertz CT molecular complexity index is 775. The average Bonchev–Trinajstić information content (AvgIpc) is 3.31. The van der Waals surface area contributed by atoms with Crippen molar-refractivity contribution in [3.63, 3.8) is 0 Å². The van der Waals surface area contributed by atoms with Crippen LogP contribution in [-0.4, -0.2) is 39.3 Å². The highest BCUT2D eigenvalue weighted by Gasteiger charge is 2.27. The number of H-pyrrole nitrogens is 1. The Hall–Kier alpha value is -2.15. The van der Waals surface area contributed by atoms with Gasteiger partial charge in [0, 0.05) is 36.8 Å². The maximum Gasteiger partial charge on any atom is 0.285 e. The Labute approximate surface area is 138 Å². The minimum Gasteiger partial charge on any atom is -0.367 e. The van der Waals surface area contributed by atoms with Crippen LogP contribution in [0.4, 0.5) is 11.5 Å². The van der Waals surface area contributed by atoms with Crippen LogP contribution in [0.5, 0.6) is 0 Å². The first-order valence-electron chi connectivity index (χ1n) is 7.77. The molecule has 4 rings (SSSR count). The minimum absolute atomic E-state index is 0.193. The summed E-state index contributed by atoms with van der Waals surface area (Å²) in [5.41, 5.74) is 1.45. The lowest BCUT2D eigenvalue weighted by Crippen LogP contribution is -2.28. The Morgan fingerprint density at radius 1 is 1.30 bits per heavy atom. The molecule has 1 unspecified atom stereocenters. The van der Waals surface area contributed by atoms with E-state index >= 15 is 0 Å². The van der Waals surface area contributed by atoms with E-state index in [2.05, 4.69) is 30.4 Å². The molecular formula is C15H17ClN6O. The zero-order valence-corrected chi connectivity index (χ0v) is 13.3. The first-order valence-corrected chi connectivity index (χ1v) is 8.15. The van der Waals surface area contributed by atoms with Crippen molar-refractivity contribution in [3.05, 3.63) is 39.7 Å². The van der Waals surface area contributed by atoms with Gasteiger partial charge in [-0.25, -0.2) is 15.1 Å². The van der Waals surface area contributed by atoms with Gasteiger partial charge in [0.2, 0.25) is 0 Å². The molecular weight excluding hydrogens is 316 g/mol. The number of nitrogens with zero attached hydrogens (tertiary/aromatic N) is 4. The fraction of sp³-hybridized carbons (Fsp3) is 0.467. The van der Waals surface area contributed by atoms with Crippen LogP contribution in [-0.2, 0) is 0 Å². The van der Waals surface area contributed by atoms with E-state index < -0.39 is 0 Å². The standard InChI is InChI=1S/C15H17ClN6O/c16-14-12(6-19-21-15(14)23)22-4-3-10(7-22)20-13-5-11(9-1-2-9)17-8-18-13/h5-6,8-10H,1-4,7H2,(H,21,23)(H,17,18,20). The quantitative estimate of drug-likeness (QED) is 0.887. The third kappa shape index (κ3) is 3.01. The number of halogens is 1. The first-order chi connectivity index (χ1) is 11.2. The highest BCUT2D eigenvalue weighted by molar-refractivity contribution is 6.33. The van der Waals surface area contributed by atoms with Gasteiger partial charge in [0.25, 0.3) is 5.56 Å². The maximum atomic E-state index is 11.6. The van der Waals surface area contributed by atoms with Crippen molar-refractivity contribution in [2.75, 3.05) is 23.3 Å². The molecule has 8 heteroatoms. The second kappa shape index (κ2) is 5.81. The van der Waals surface area contributed by atoms with E-state index in [0.717, 1.165) is 31.0 Å². The summed E-state index contributed by atoms with van der Waals surface area (Å²) in [4.78, 5) is 22.3. The lowest BCUT2D eigenvalue weighted by molar-refractivity contribution is 0.797. The lowest BCUT2D eigenvalue weighted by Gasteiger charge is -2.19. The normalized spacial score (nSPS) is 20.7. The second-order valence-electron chi connectivity index (χ2n) is 6.08. The van der Waals surface area contributed by atoms with Crippen LogP contribution in [0.1, 0.15) is 30.9 Å². The van der Waals surface area contributed by atoms with Crippen molar-refractivity contribution in [2.24, 2.45) is 0 Å². The topological polar surface area (TPSA) is 86.8 Å². The third-order valence-corrected chi connectivity index (χ3v) is 4.71. The van der Waals surface area contributed by atoms with Crippen LogP contribution < -0.4 is 15.8 Å². The molecule has 1 saturated heterocycles. The van der Waals surface area contributed by atoms with Gasteiger partial charge < -0.3 is 10.2 Å². The van der Waals surface area contributed by atoms with Gasteiger partial charge in [0.15, 0.2) is 0 Å². The molecule has 3 heterocycles. The van der Waals surface area contributed by atoms with Crippen LogP contribution in [0, 0.1) is 0 Å². The van der Waals surface area contributed by atoms with E-state index in [1.807, 2.05) is 6.07 Å². The number of rotatable bonds is 4. The fourth-order valence-electron chi connectivity index (χ4n) is 2.95. The molecule has 0 spiro atoms. The Morgan fingerprint density at radius 3 is 3.00 bits per heavy atom. The molecule has 0 bridgehead atoms. The van der Waals surface area contributed by atoms with Gasteiger partial charge in [-0.2, -0.15) is 5.10 Å². The number of aromatic nitrogens is 4. The Kier molecular flexibility index (Phi) is 3.65. The largest absolute Gasteiger partial charge is 0.367 e. The molecule has 120 valence electrons. The van der Waals surface area contributed by atoms with Crippen molar-refractivity contribution < 1.29 is 0 Å². The zero-order valence-electron chi connectivity index (χ0n) is 12.5. The summed E-state index contributed by atoms with van der Waals surface area (Å²) in [7, 11) is 0. The number of nitrogens with one attached hydrogen (secondary N) is 2. The van der Waals surface area contributed by atoms with Gasteiger partial charge >= 0.3 is 0 Å². The predicted octanol–water partition coefficient (Wildman–Crippen LogP) is 1.78. The van der Waals surface area contributed by atoms with E-state index in [1.165, 1.54) is 12.8 Å². The lowest BCUT2D eigenvalue weighted by atomic mass is 10.2. The van der Waals surface area contributed by atoms with Crippen molar-refractivity contribution in [1.29, 1.82) is 0 Å². The molecule has 2 fully saturated rings. The molecule has 1 aliphatic heterocycles. The van der Waals surface area contributed by atoms with Crippen LogP contribution in [0.2, 0.25) is 5.02 Å². The number of hydrogen-bond donors (Lipinski definition) is 2. The third-order valence-electron chi connectivity index (χ3n) is 4.34. The van der Waals surface area contributed by atoms with E-state index in [-0.39, 0.29) is 16.6 Å². The SMILES string of the molecule is O=c1[nH]ncc(N2CCC(Nc3cc(C4CC4)ncn3)C2)c1Cl. The van der Waals surface area contributed by atoms with Crippen molar-refractivity contribution in [3.8, 4) is 0 Å². The second-order valence-corrected chi connectivity index (χ2v) is 6.45. The molecule has 0 radical (unpaired) electrons. The van der Waals surface area contributed by atoms with Gasteiger partial charge in [0.1, 0.15) is 17.2 Å². The minimum atomic E-state index is -0.356. The summed E-state index contributed by atoms with van der Waals surface area (Å²) in [5, 5.41) is 9.82. The summed E-state index contributed by atoms with van der Waals surface area (Å²) >= 11 is 6.08. The van der Waals surface area contributed by atoms with E-state index in [9.17, 15) is 4.79 Å². The Balaban J connectivity index is 1.45. The first kappa shape index (κ1) is 14.4. The molecule has 7 nitrogen and oxygen atoms in total. The molecule has 2 aromatic heterocycles. The predicted molar refractivity (Wildman–Crippen MR) is 88.1 cm³/mol. The highest BCUT2D eigenvalue weighted by atomic mass is 35.5. The van der Waals surface area contributed by atoms with Gasteiger partial charge in [-0.3, -0.25) is 4.79 Å². The van der Waals surface area contributed by atoms with Crippen LogP contribution >= 0.6 is 11.6 Å². The molecule has 2 N–H and O–H groups in total. The van der Waals surface area contributed by atoms with Crippen LogP contribution in [0.15, 0.2) is 23.4 Å². The Morgan fingerprint density at radius 2 is 2.17 bits per heavy atom. The molecule has 0 amide bonds. The smallest absolute Gasteiger partial charge is 0.285 e. The van der Waals surface area contributed by atoms with E-state index in [1.54, 1.807) is 12.5 Å². The molecule has 0 aromatic carbocycles. The molecule has 1 atom stereocenters. The van der Waals surface area contributed by atoms with E-state index in [0.29, 0.717) is 11.6 Å². The van der Waals surface area contributed by atoms with Crippen molar-refractivity contribution in [1.82, 2.24) is 20.2 Å². The van der Waals surface area contributed by atoms with Crippen molar-refractivity contribution >= 4 is 23.1 Å². The number of hydrogen-bond acceptors (Lipinski definition) is 6. The van der Waals surface area contributed by atoms with E-state index in [4.69, 9.17) is 11.6 Å². The molecule has 23 heavy (non-hydrogen) atoms. The van der Waals surface area contributed by atoms with Gasteiger partial charge in [-0.1, -0.05) is 11.6 Å². The van der Waals surface area contributed by atoms with Crippen LogP contribution in [0.25, 0.3) is 0 Å².